The second-order valence-electron chi connectivity index (χ2n) is 9.50. The maximum Gasteiger partial charge on any atom is 0.305 e. The quantitative estimate of drug-likeness (QED) is 0.201. The number of amides is 1. The third-order valence-electron chi connectivity index (χ3n) is 6.94. The van der Waals surface area contributed by atoms with Crippen LogP contribution in [0.2, 0.25) is 10.0 Å². The van der Waals surface area contributed by atoms with Gasteiger partial charge in [0.2, 0.25) is 0 Å². The number of carboxylic acids is 1. The molecule has 1 heterocycles. The monoisotopic (exact) mass is 579 g/mol. The summed E-state index contributed by atoms with van der Waals surface area (Å²) in [7, 11) is 0. The van der Waals surface area contributed by atoms with Gasteiger partial charge >= 0.3 is 5.97 Å². The number of fused-ring (bicyclic) bond motifs is 1. The summed E-state index contributed by atoms with van der Waals surface area (Å²) in [5, 5.41) is 19.3. The lowest BCUT2D eigenvalue weighted by Gasteiger charge is -2.33. The summed E-state index contributed by atoms with van der Waals surface area (Å²) in [5.41, 5.74) is 6.02. The number of hydrogen-bond acceptors (Lipinski definition) is 5. The topological polar surface area (TPSA) is 91.3 Å². The number of thiazole rings is 1. The number of halogens is 2. The van der Waals surface area contributed by atoms with E-state index < -0.39 is 5.97 Å². The number of nitrogens with one attached hydrogen (secondary N) is 2. The van der Waals surface area contributed by atoms with Gasteiger partial charge in [-0.2, -0.15) is 0 Å². The van der Waals surface area contributed by atoms with Crippen molar-refractivity contribution in [2.75, 3.05) is 6.54 Å². The van der Waals surface area contributed by atoms with E-state index in [0.29, 0.717) is 22.2 Å². The molecule has 1 aromatic heterocycles. The van der Waals surface area contributed by atoms with Crippen LogP contribution in [-0.2, 0) is 17.8 Å². The zero-order valence-corrected chi connectivity index (χ0v) is 23.3. The Morgan fingerprint density at radius 3 is 2.59 bits per heavy atom. The molecule has 0 fully saturated rings. The van der Waals surface area contributed by atoms with Crippen LogP contribution >= 0.6 is 34.5 Å². The Kier molecular flexibility index (Phi) is 8.63. The van der Waals surface area contributed by atoms with Crippen LogP contribution in [0.5, 0.6) is 0 Å². The maximum absolute atomic E-state index is 12.3. The van der Waals surface area contributed by atoms with Crippen molar-refractivity contribution in [3.63, 3.8) is 0 Å². The van der Waals surface area contributed by atoms with E-state index in [1.807, 2.05) is 24.3 Å². The van der Waals surface area contributed by atoms with Gasteiger partial charge in [0.25, 0.3) is 5.91 Å². The molecule has 0 radical (unpaired) electrons. The van der Waals surface area contributed by atoms with E-state index in [0.717, 1.165) is 34.7 Å². The molecular formula is C30H27Cl2N3O3S. The van der Waals surface area contributed by atoms with Crippen LogP contribution in [0, 0.1) is 0 Å². The first-order valence-electron chi connectivity index (χ1n) is 12.7. The first-order chi connectivity index (χ1) is 18.9. The lowest BCUT2D eigenvalue weighted by molar-refractivity contribution is -0.136. The van der Waals surface area contributed by atoms with Gasteiger partial charge in [-0.05, 0) is 53.8 Å². The molecule has 9 heteroatoms. The van der Waals surface area contributed by atoms with Gasteiger partial charge in [0.05, 0.1) is 27.2 Å². The fraction of sp³-hybridized carbons (Fsp3) is 0.233. The van der Waals surface area contributed by atoms with Crippen molar-refractivity contribution in [3.05, 3.63) is 109 Å². The molecular weight excluding hydrogens is 553 g/mol. The average molecular weight is 581 g/mol. The molecule has 200 valence electrons. The Labute approximate surface area is 241 Å². The van der Waals surface area contributed by atoms with Crippen molar-refractivity contribution < 1.29 is 14.7 Å². The number of aliphatic carboxylic acids is 1. The number of benzene rings is 3. The molecule has 2 atom stereocenters. The van der Waals surface area contributed by atoms with Crippen LogP contribution in [0.1, 0.15) is 56.9 Å². The number of rotatable bonds is 9. The number of aryl methyl sites for hydroxylation is 1. The Morgan fingerprint density at radius 1 is 1.03 bits per heavy atom. The Morgan fingerprint density at radius 2 is 1.82 bits per heavy atom. The van der Waals surface area contributed by atoms with E-state index in [1.165, 1.54) is 11.1 Å². The molecule has 0 bridgehead atoms. The molecule has 1 amide bonds. The number of carbonyl (C=O) groups excluding carboxylic acids is 1. The molecule has 1 aliphatic rings. The van der Waals surface area contributed by atoms with E-state index in [2.05, 4.69) is 40.3 Å². The molecule has 4 aromatic rings. The molecule has 5 rings (SSSR count). The van der Waals surface area contributed by atoms with Crippen LogP contribution < -0.4 is 10.6 Å². The number of nitrogens with zero attached hydrogens (tertiary/aromatic N) is 1. The minimum absolute atomic E-state index is 0.0850. The van der Waals surface area contributed by atoms with E-state index in [4.69, 9.17) is 33.3 Å². The fourth-order valence-corrected chi connectivity index (χ4v) is 6.21. The predicted octanol–water partition coefficient (Wildman–Crippen LogP) is 6.88. The number of carbonyl (C=O) groups is 2. The molecule has 0 saturated carbocycles. The molecule has 0 aliphatic heterocycles. The lowest BCUT2D eigenvalue weighted by atomic mass is 9.80. The lowest BCUT2D eigenvalue weighted by Crippen LogP contribution is -2.31. The largest absolute Gasteiger partial charge is 0.481 e. The van der Waals surface area contributed by atoms with Gasteiger partial charge in [0.1, 0.15) is 0 Å². The second-order valence-corrected chi connectivity index (χ2v) is 11.2. The number of hydrogen-bond donors (Lipinski definition) is 3. The zero-order chi connectivity index (χ0) is 27.4. The van der Waals surface area contributed by atoms with Crippen LogP contribution in [-0.4, -0.2) is 28.5 Å². The summed E-state index contributed by atoms with van der Waals surface area (Å²) in [6.07, 6.45) is 1.87. The number of carboxylic acid groups (broad SMARTS) is 1. The highest BCUT2D eigenvalue weighted by Crippen LogP contribution is 2.43. The van der Waals surface area contributed by atoms with Gasteiger partial charge in [-0.1, -0.05) is 65.7 Å². The molecule has 39 heavy (non-hydrogen) atoms. The summed E-state index contributed by atoms with van der Waals surface area (Å²) in [5.74, 6) is -1.01. The maximum atomic E-state index is 12.3. The third kappa shape index (κ3) is 6.50. The van der Waals surface area contributed by atoms with E-state index in [1.54, 1.807) is 29.5 Å². The summed E-state index contributed by atoms with van der Waals surface area (Å²) in [6.45, 7) is 0.727. The van der Waals surface area contributed by atoms with Gasteiger partial charge < -0.3 is 15.7 Å². The molecule has 3 N–H and O–H groups in total. The van der Waals surface area contributed by atoms with Gasteiger partial charge in [0.15, 0.2) is 0 Å². The zero-order valence-electron chi connectivity index (χ0n) is 21.0. The van der Waals surface area contributed by atoms with Crippen molar-refractivity contribution in [1.82, 2.24) is 15.6 Å². The average Bonchev–Trinajstić information content (AvgIpc) is 3.43. The van der Waals surface area contributed by atoms with Crippen LogP contribution in [0.15, 0.2) is 72.1 Å². The minimum atomic E-state index is -0.942. The van der Waals surface area contributed by atoms with Crippen molar-refractivity contribution in [3.8, 4) is 11.3 Å². The predicted molar refractivity (Wildman–Crippen MR) is 156 cm³/mol. The van der Waals surface area contributed by atoms with Gasteiger partial charge in [0, 0.05) is 41.6 Å². The first-order valence-corrected chi connectivity index (χ1v) is 14.3. The Balaban J connectivity index is 1.32. The molecule has 2 unspecified atom stereocenters. The SMILES string of the molecule is O=C(O)CCNC(=O)c1ccc(CNC2c3ccccc3CCC2c2nc(-c3ccc(Cl)c(Cl)c3)cs2)cc1. The summed E-state index contributed by atoms with van der Waals surface area (Å²) >= 11 is 14.0. The van der Waals surface area contributed by atoms with Gasteiger partial charge in [-0.3, -0.25) is 9.59 Å². The van der Waals surface area contributed by atoms with Crippen molar-refractivity contribution >= 4 is 46.4 Å². The van der Waals surface area contributed by atoms with Crippen LogP contribution in [0.25, 0.3) is 11.3 Å². The highest BCUT2D eigenvalue weighted by atomic mass is 35.5. The summed E-state index contributed by atoms with van der Waals surface area (Å²) < 4.78 is 0. The smallest absolute Gasteiger partial charge is 0.305 e. The molecule has 0 spiro atoms. The van der Waals surface area contributed by atoms with E-state index in [-0.39, 0.29) is 30.8 Å². The van der Waals surface area contributed by atoms with Crippen LogP contribution in [0.4, 0.5) is 0 Å². The third-order valence-corrected chi connectivity index (χ3v) is 8.65. The Bertz CT molecular complexity index is 1490. The Hall–Kier alpha value is -3.23. The minimum Gasteiger partial charge on any atom is -0.481 e. The highest BCUT2D eigenvalue weighted by Gasteiger charge is 2.32. The van der Waals surface area contributed by atoms with E-state index >= 15 is 0 Å². The summed E-state index contributed by atoms with van der Waals surface area (Å²) in [6, 6.07) is 21.6. The molecule has 1 aliphatic carbocycles. The van der Waals surface area contributed by atoms with Crippen molar-refractivity contribution in [2.24, 2.45) is 0 Å². The van der Waals surface area contributed by atoms with Crippen molar-refractivity contribution in [2.45, 2.75) is 37.8 Å². The molecule has 3 aromatic carbocycles. The summed E-state index contributed by atoms with van der Waals surface area (Å²) in [4.78, 5) is 28.0. The van der Waals surface area contributed by atoms with Gasteiger partial charge in [-0.25, -0.2) is 4.98 Å². The van der Waals surface area contributed by atoms with Crippen molar-refractivity contribution in [1.29, 1.82) is 0 Å². The van der Waals surface area contributed by atoms with Crippen LogP contribution in [0.3, 0.4) is 0 Å². The van der Waals surface area contributed by atoms with Gasteiger partial charge in [-0.15, -0.1) is 11.3 Å². The highest BCUT2D eigenvalue weighted by molar-refractivity contribution is 7.10. The van der Waals surface area contributed by atoms with E-state index in [9.17, 15) is 9.59 Å². The first kappa shape index (κ1) is 27.3. The second kappa shape index (κ2) is 12.3. The normalized spacial score (nSPS) is 16.5. The fourth-order valence-electron chi connectivity index (χ4n) is 4.91. The molecule has 6 nitrogen and oxygen atoms in total. The standard InChI is InChI=1S/C30H27Cl2N3O3S/c31-24-12-10-21(15-25(24)32)26-17-39-30(35-26)23-11-9-19-3-1-2-4-22(19)28(23)34-16-18-5-7-20(8-6-18)29(38)33-14-13-27(36)37/h1-8,10,12,15,17,23,28,34H,9,11,13-14,16H2,(H,33,38)(H,36,37). The number of aromatic nitrogens is 1. The molecule has 0 saturated heterocycles.